The zero-order chi connectivity index (χ0) is 25.2. The van der Waals surface area contributed by atoms with Crippen LogP contribution in [0.2, 0.25) is 0 Å². The molecule has 7 nitrogen and oxygen atoms in total. The number of ether oxygens (including phenoxy) is 6. The summed E-state index contributed by atoms with van der Waals surface area (Å²) >= 11 is 0. The summed E-state index contributed by atoms with van der Waals surface area (Å²) in [6, 6.07) is 5.53. The number of epoxide rings is 2. The van der Waals surface area contributed by atoms with Crippen molar-refractivity contribution in [3.05, 3.63) is 41.5 Å². The number of hydrogen-bond donors (Lipinski definition) is 0. The highest BCUT2D eigenvalue weighted by molar-refractivity contribution is 5.87. The fourth-order valence-electron chi connectivity index (χ4n) is 5.49. The summed E-state index contributed by atoms with van der Waals surface area (Å²) in [7, 11) is 3.28. The van der Waals surface area contributed by atoms with Crippen LogP contribution in [0.1, 0.15) is 52.5 Å². The molecule has 0 bridgehead atoms. The molecule has 1 aromatic carbocycles. The van der Waals surface area contributed by atoms with E-state index in [1.54, 1.807) is 20.3 Å². The van der Waals surface area contributed by atoms with Crippen molar-refractivity contribution in [1.82, 2.24) is 0 Å². The van der Waals surface area contributed by atoms with Crippen LogP contribution in [0.5, 0.6) is 11.5 Å². The molecule has 0 aromatic heterocycles. The van der Waals surface area contributed by atoms with E-state index in [0.29, 0.717) is 31.1 Å². The predicted molar refractivity (Wildman–Crippen MR) is 133 cm³/mol. The molecule has 1 spiro atoms. The second kappa shape index (κ2) is 10.3. The number of benzene rings is 1. The molecule has 3 fully saturated rings. The summed E-state index contributed by atoms with van der Waals surface area (Å²) in [5, 5.41) is 0. The van der Waals surface area contributed by atoms with Crippen molar-refractivity contribution in [1.29, 1.82) is 0 Å². The summed E-state index contributed by atoms with van der Waals surface area (Å²) < 4.78 is 35.0. The largest absolute Gasteiger partial charge is 0.493 e. The van der Waals surface area contributed by atoms with E-state index in [0.717, 1.165) is 18.4 Å². The van der Waals surface area contributed by atoms with Crippen molar-refractivity contribution in [3.63, 3.8) is 0 Å². The standard InChI is InChI=1S/C28H38O7/c1-7-32-22-16-19(9-11-20(22)30-5)10-13-24(29)34-21-14-15-28(17-33-28)26(25(21)31-6)27(4)23(35-27)12-8-18(2)3/h8-11,13,16,21,23,25-26H,7,12,14-15,17H2,1-6H3/b13-10+/t21-,23+,25-,26?,27-,28+/m1/s1. The molecule has 0 N–H and O–H groups in total. The van der Waals surface area contributed by atoms with Crippen molar-refractivity contribution in [2.24, 2.45) is 5.92 Å². The van der Waals surface area contributed by atoms with Crippen LogP contribution in [-0.4, -0.2) is 62.9 Å². The van der Waals surface area contributed by atoms with Crippen molar-refractivity contribution in [3.8, 4) is 11.5 Å². The summed E-state index contributed by atoms with van der Waals surface area (Å²) in [6.45, 7) is 9.46. The van der Waals surface area contributed by atoms with Crippen molar-refractivity contribution >= 4 is 12.0 Å². The maximum atomic E-state index is 12.8. The Hall–Kier alpha value is -2.35. The van der Waals surface area contributed by atoms with Crippen LogP contribution < -0.4 is 9.47 Å². The van der Waals surface area contributed by atoms with Gasteiger partial charge in [-0.1, -0.05) is 17.7 Å². The topological polar surface area (TPSA) is 79.1 Å². The van der Waals surface area contributed by atoms with Crippen LogP contribution in [0.25, 0.3) is 6.08 Å². The second-order valence-electron chi connectivity index (χ2n) is 10.0. The molecule has 2 aliphatic heterocycles. The van der Waals surface area contributed by atoms with Crippen LogP contribution in [0.4, 0.5) is 0 Å². The number of carbonyl (C=O) groups excluding carboxylic acids is 1. The van der Waals surface area contributed by atoms with Gasteiger partial charge in [-0.3, -0.25) is 0 Å². The molecule has 3 aliphatic rings. The molecule has 0 amide bonds. The first-order valence-electron chi connectivity index (χ1n) is 12.4. The first kappa shape index (κ1) is 25.7. The molecule has 1 saturated carbocycles. The average Bonchev–Trinajstić information content (AvgIpc) is 3.75. The lowest BCUT2D eigenvalue weighted by Crippen LogP contribution is -2.55. The van der Waals surface area contributed by atoms with E-state index in [9.17, 15) is 4.79 Å². The third-order valence-corrected chi connectivity index (χ3v) is 7.40. The van der Waals surface area contributed by atoms with Crippen LogP contribution in [0, 0.1) is 5.92 Å². The van der Waals surface area contributed by atoms with Crippen LogP contribution in [0.3, 0.4) is 0 Å². The molecule has 4 rings (SSSR count). The van der Waals surface area contributed by atoms with E-state index in [1.165, 1.54) is 11.6 Å². The predicted octanol–water partition coefficient (Wildman–Crippen LogP) is 4.73. The minimum atomic E-state index is -0.403. The van der Waals surface area contributed by atoms with Crippen LogP contribution in [-0.2, 0) is 23.7 Å². The monoisotopic (exact) mass is 486 g/mol. The fraction of sp³-hybridized carbons (Fsp3) is 0.607. The molecule has 1 aromatic rings. The minimum Gasteiger partial charge on any atom is -0.493 e. The Bertz CT molecular complexity index is 976. The third kappa shape index (κ3) is 5.42. The molecule has 1 unspecified atom stereocenters. The minimum absolute atomic E-state index is 0.00132. The lowest BCUT2D eigenvalue weighted by atomic mass is 9.68. The van der Waals surface area contributed by atoms with Crippen molar-refractivity contribution in [2.45, 2.75) is 76.5 Å². The van der Waals surface area contributed by atoms with E-state index in [4.69, 9.17) is 28.4 Å². The lowest BCUT2D eigenvalue weighted by Gasteiger charge is -2.42. The average molecular weight is 487 g/mol. The third-order valence-electron chi connectivity index (χ3n) is 7.40. The Morgan fingerprint density at radius 1 is 1.23 bits per heavy atom. The Kier molecular flexibility index (Phi) is 7.60. The van der Waals surface area contributed by atoms with Crippen LogP contribution in [0.15, 0.2) is 35.9 Å². The molecule has 35 heavy (non-hydrogen) atoms. The first-order chi connectivity index (χ1) is 16.8. The summed E-state index contributed by atoms with van der Waals surface area (Å²) in [5.41, 5.74) is 1.49. The summed E-state index contributed by atoms with van der Waals surface area (Å²) in [5.74, 6) is 0.884. The maximum Gasteiger partial charge on any atom is 0.331 e. The Morgan fingerprint density at radius 3 is 2.63 bits per heavy atom. The second-order valence-corrected chi connectivity index (χ2v) is 10.0. The fourth-order valence-corrected chi connectivity index (χ4v) is 5.49. The van der Waals surface area contributed by atoms with Gasteiger partial charge >= 0.3 is 5.97 Å². The highest BCUT2D eigenvalue weighted by atomic mass is 16.6. The first-order valence-corrected chi connectivity index (χ1v) is 12.4. The lowest BCUT2D eigenvalue weighted by molar-refractivity contribution is -0.166. The SMILES string of the molecule is CCOc1cc(/C=C/C(=O)O[C@@H]2CC[C@]3(CO3)C([C@]3(C)O[C@H]3CC=C(C)C)[C@@H]2OC)ccc1OC. The van der Waals surface area contributed by atoms with Gasteiger partial charge in [0.25, 0.3) is 0 Å². The molecule has 7 heteroatoms. The van der Waals surface area contributed by atoms with Crippen molar-refractivity contribution < 1.29 is 33.2 Å². The number of methoxy groups -OCH3 is 2. The Balaban J connectivity index is 1.44. The van der Waals surface area contributed by atoms with E-state index in [1.807, 2.05) is 25.1 Å². The molecular weight excluding hydrogens is 448 g/mol. The molecule has 2 saturated heterocycles. The Morgan fingerprint density at radius 2 is 2.00 bits per heavy atom. The van der Waals surface area contributed by atoms with E-state index >= 15 is 0 Å². The molecule has 1 aliphatic carbocycles. The zero-order valence-electron chi connectivity index (χ0n) is 21.7. The van der Waals surface area contributed by atoms with Gasteiger partial charge in [0.05, 0.1) is 32.3 Å². The van der Waals surface area contributed by atoms with Gasteiger partial charge in [-0.25, -0.2) is 4.79 Å². The van der Waals surface area contributed by atoms with E-state index in [2.05, 4.69) is 26.8 Å². The normalized spacial score (nSPS) is 33.4. The Labute approximate surface area is 208 Å². The van der Waals surface area contributed by atoms with Gasteiger partial charge in [-0.15, -0.1) is 0 Å². The summed E-state index contributed by atoms with van der Waals surface area (Å²) in [6.07, 6.45) is 7.21. The maximum absolute atomic E-state index is 12.8. The molecule has 6 atom stereocenters. The molecule has 192 valence electrons. The number of esters is 1. The van der Waals surface area contributed by atoms with Gasteiger partial charge in [-0.2, -0.15) is 0 Å². The molecule has 2 heterocycles. The van der Waals surface area contributed by atoms with E-state index in [-0.39, 0.29) is 35.4 Å². The smallest absolute Gasteiger partial charge is 0.331 e. The van der Waals surface area contributed by atoms with Gasteiger partial charge in [0.15, 0.2) is 11.5 Å². The molecular formula is C28H38O7. The number of hydrogen-bond acceptors (Lipinski definition) is 7. The van der Waals surface area contributed by atoms with Crippen LogP contribution >= 0.6 is 0 Å². The zero-order valence-corrected chi connectivity index (χ0v) is 21.7. The van der Waals surface area contributed by atoms with E-state index < -0.39 is 5.97 Å². The highest BCUT2D eigenvalue weighted by Crippen LogP contribution is 2.59. The van der Waals surface area contributed by atoms with Gasteiger partial charge in [0.1, 0.15) is 23.4 Å². The quantitative estimate of drug-likeness (QED) is 0.205. The van der Waals surface area contributed by atoms with Gasteiger partial charge in [0.2, 0.25) is 0 Å². The number of carbonyl (C=O) groups is 1. The summed E-state index contributed by atoms with van der Waals surface area (Å²) in [4.78, 5) is 12.8. The number of allylic oxidation sites excluding steroid dienone is 1. The van der Waals surface area contributed by atoms with Crippen molar-refractivity contribution in [2.75, 3.05) is 27.4 Å². The van der Waals surface area contributed by atoms with Gasteiger partial charge in [0, 0.05) is 13.2 Å². The molecule has 0 radical (unpaired) electrons. The van der Waals surface area contributed by atoms with Gasteiger partial charge < -0.3 is 28.4 Å². The highest BCUT2D eigenvalue weighted by Gasteiger charge is 2.72. The van der Waals surface area contributed by atoms with Gasteiger partial charge in [-0.05, 0) is 70.7 Å². The number of rotatable bonds is 10.